The summed E-state index contributed by atoms with van der Waals surface area (Å²) in [7, 11) is 0. The molecule has 21 nitrogen and oxygen atoms in total. The first kappa shape index (κ1) is 84.6. The summed E-state index contributed by atoms with van der Waals surface area (Å²) in [5.41, 5.74) is 3.94. The number of H-pyrrole nitrogens is 4. The molecule has 8 aromatic rings. The molecular weight excluding hydrogens is 1490 g/mol. The second-order valence-electron chi connectivity index (χ2n) is 32.4. The van der Waals surface area contributed by atoms with Gasteiger partial charge in [-0.15, -0.1) is 0 Å². The van der Waals surface area contributed by atoms with Crippen LogP contribution in [0.3, 0.4) is 0 Å². The molecule has 8 heterocycles. The first-order chi connectivity index (χ1) is 51.5. The highest BCUT2D eigenvalue weighted by atomic mass is 35.5. The summed E-state index contributed by atoms with van der Waals surface area (Å²) in [5, 5.41) is 80.0. The molecule has 13 rings (SSSR count). The Morgan fingerprint density at radius 2 is 0.743 bits per heavy atom. The van der Waals surface area contributed by atoms with Gasteiger partial charge >= 0.3 is 6.03 Å². The van der Waals surface area contributed by atoms with Crippen molar-refractivity contribution in [1.29, 1.82) is 0 Å². The zero-order chi connectivity index (χ0) is 79.1. The molecule has 0 spiro atoms. The number of aliphatic hydroxyl groups is 4. The Balaban J connectivity index is 0.000000155. The van der Waals surface area contributed by atoms with Crippen molar-refractivity contribution >= 4 is 114 Å². The highest BCUT2D eigenvalue weighted by molar-refractivity contribution is 6.32. The molecule has 109 heavy (non-hydrogen) atoms. The summed E-state index contributed by atoms with van der Waals surface area (Å²) in [6.07, 6.45) is 14.4. The summed E-state index contributed by atoms with van der Waals surface area (Å²) in [6, 6.07) is 13.9. The largest absolute Gasteiger partial charge is 0.388 e. The predicted molar refractivity (Wildman–Crippen MR) is 419 cm³/mol. The van der Waals surface area contributed by atoms with E-state index in [2.05, 4.69) is 73.8 Å². The van der Waals surface area contributed by atoms with Crippen molar-refractivity contribution in [2.75, 3.05) is 52.4 Å². The lowest BCUT2D eigenvalue weighted by atomic mass is 9.68. The SMILES string of the molecule is CC(F)(F)CC(=O)N1CCC(C(C)(C)C(O)c2cc(Cl)cc3cn[nH]c23)CC1.CCC(=O)N1CCC(C(C)(C)C(O)c2cc(Cl)cc3cn[nH]c23)CC1.CCCC(=O)N1CCC(C(C)(C)C(O)c2cc(Cl)cc3cn[nH]c23)CC1.O=C(NC1CCCCC1)N1CCC(C(F)(F)C(O)c2cc(Cl)cc3cn[nH]c23)CC1. The zero-order valence-electron chi connectivity index (χ0n) is 63.8. The van der Waals surface area contributed by atoms with Crippen molar-refractivity contribution in [1.82, 2.24) is 65.7 Å². The minimum Gasteiger partial charge on any atom is -0.388 e. The van der Waals surface area contributed by atoms with E-state index in [9.17, 15) is 48.4 Å². The van der Waals surface area contributed by atoms with Crippen LogP contribution >= 0.6 is 46.4 Å². The van der Waals surface area contributed by atoms with Gasteiger partial charge in [0.05, 0.1) is 71.6 Å². The van der Waals surface area contributed by atoms with Crippen LogP contribution in [-0.2, 0) is 14.4 Å². The van der Waals surface area contributed by atoms with Crippen molar-refractivity contribution in [3.05, 3.63) is 116 Å². The third kappa shape index (κ3) is 20.0. The van der Waals surface area contributed by atoms with Gasteiger partial charge in [-0.2, -0.15) is 20.4 Å². The molecule has 29 heteroatoms. The highest BCUT2D eigenvalue weighted by Gasteiger charge is 2.50. The van der Waals surface area contributed by atoms with E-state index in [4.69, 9.17) is 46.4 Å². The quantitative estimate of drug-likeness (QED) is 0.0363. The van der Waals surface area contributed by atoms with Crippen LogP contribution in [0.1, 0.15) is 218 Å². The number of halogens is 8. The lowest BCUT2D eigenvalue weighted by molar-refractivity contribution is -0.159. The van der Waals surface area contributed by atoms with Crippen molar-refractivity contribution in [2.24, 2.45) is 39.9 Å². The molecule has 5 amide bonds. The van der Waals surface area contributed by atoms with Crippen molar-refractivity contribution in [2.45, 2.75) is 214 Å². The number of fused-ring (bicyclic) bond motifs is 4. The Morgan fingerprint density at radius 3 is 1.06 bits per heavy atom. The van der Waals surface area contributed by atoms with E-state index in [-0.39, 0.29) is 77.2 Å². The van der Waals surface area contributed by atoms with Gasteiger partial charge in [-0.05, 0) is 160 Å². The monoisotopic (exact) mass is 1590 g/mol. The number of benzene rings is 4. The number of likely N-dealkylation sites (tertiary alicyclic amines) is 4. The number of hydrogen-bond donors (Lipinski definition) is 9. The first-order valence-corrected chi connectivity index (χ1v) is 39.9. The first-order valence-electron chi connectivity index (χ1n) is 38.4. The Hall–Kier alpha value is -6.84. The Bertz CT molecular complexity index is 4390. The van der Waals surface area contributed by atoms with Crippen LogP contribution in [-0.4, -0.2) is 175 Å². The number of aromatic nitrogens is 8. The summed E-state index contributed by atoms with van der Waals surface area (Å²) < 4.78 is 56.7. The number of urea groups is 1. The van der Waals surface area contributed by atoms with Gasteiger partial charge in [-0.25, -0.2) is 22.4 Å². The van der Waals surface area contributed by atoms with E-state index in [0.717, 1.165) is 135 Å². The third-order valence-electron chi connectivity index (χ3n) is 24.0. The van der Waals surface area contributed by atoms with Gasteiger partial charge in [-0.3, -0.25) is 34.8 Å². The predicted octanol–water partition coefficient (Wildman–Crippen LogP) is 17.4. The normalized spacial score (nSPS) is 18.5. The minimum absolute atomic E-state index is 0.0393. The molecule has 4 atom stereocenters. The smallest absolute Gasteiger partial charge is 0.317 e. The molecular formula is C80H107Cl4F4N13O8. The number of piperidine rings is 4. The minimum atomic E-state index is -3.35. The molecule has 0 radical (unpaired) electrons. The molecule has 1 saturated carbocycles. The molecule has 4 saturated heterocycles. The van der Waals surface area contributed by atoms with E-state index in [1.807, 2.05) is 61.8 Å². The van der Waals surface area contributed by atoms with Crippen LogP contribution in [0.25, 0.3) is 43.6 Å². The van der Waals surface area contributed by atoms with E-state index in [1.165, 1.54) is 23.6 Å². The second-order valence-corrected chi connectivity index (χ2v) is 34.2. The van der Waals surface area contributed by atoms with Gasteiger partial charge in [0, 0.05) is 141 Å². The summed E-state index contributed by atoms with van der Waals surface area (Å²) in [6.45, 7) is 21.5. The molecule has 4 aromatic heterocycles. The Kier molecular flexibility index (Phi) is 27.9. The number of rotatable bonds is 18. The molecule has 0 bridgehead atoms. The maximum Gasteiger partial charge on any atom is 0.317 e. The van der Waals surface area contributed by atoms with Crippen LogP contribution in [0.4, 0.5) is 22.4 Å². The number of carbonyl (C=O) groups excluding carboxylic acids is 4. The lowest BCUT2D eigenvalue weighted by Gasteiger charge is -2.43. The zero-order valence-corrected chi connectivity index (χ0v) is 66.8. The van der Waals surface area contributed by atoms with Gasteiger partial charge in [0.1, 0.15) is 6.10 Å². The average molecular weight is 1600 g/mol. The standard InChI is InChI=1S/C21H27ClF2N4O2.C20H26ClF2N3O2.C20H28ClN3O2.C19H26ClN3O2/c22-15-10-13-12-25-27-18(13)17(11-15)19(29)21(23,24)14-6-8-28(9-7-14)20(30)26-16-4-2-1-3-5-16;1-19(2,13-4-6-26(7-5-13)16(27)10-20(3,22)23)18(28)15-9-14(21)8-12-11-24-25-17(12)15;1-4-5-17(25)24-8-6-14(7-9-24)20(2,3)19(26)16-11-15(21)10-13-12-22-23-18(13)16;1-4-16(24)23-7-5-13(6-8-23)19(2,3)18(25)15-10-14(20)9-12-11-21-22-17(12)15/h10-12,14,16,19,29H,1-9H2,(H,25,27)(H,26,30);8-9,11,13,18,28H,4-7,10H2,1-3H3,(H,24,25);10-12,14,19,26H,4-9H2,1-3H3,(H,22,23);9-11,13,18,25H,4-8H2,1-3H3,(H,21,22). The van der Waals surface area contributed by atoms with Crippen LogP contribution in [0.15, 0.2) is 73.3 Å². The molecule has 4 unspecified atom stereocenters. The fraction of sp³-hybridized carbons (Fsp3) is 0.600. The van der Waals surface area contributed by atoms with Crippen LogP contribution in [0.5, 0.6) is 0 Å². The van der Waals surface area contributed by atoms with Gasteiger partial charge in [0.15, 0.2) is 0 Å². The highest BCUT2D eigenvalue weighted by Crippen LogP contribution is 2.51. The molecule has 9 N–H and O–H groups in total. The maximum absolute atomic E-state index is 15.2. The van der Waals surface area contributed by atoms with Crippen molar-refractivity contribution < 1.29 is 57.2 Å². The van der Waals surface area contributed by atoms with Gasteiger partial charge in [0.2, 0.25) is 17.7 Å². The van der Waals surface area contributed by atoms with E-state index in [0.29, 0.717) is 82.1 Å². The number of carbonyl (C=O) groups is 4. The van der Waals surface area contributed by atoms with Crippen molar-refractivity contribution in [3.8, 4) is 0 Å². The molecule has 4 aliphatic heterocycles. The third-order valence-corrected chi connectivity index (χ3v) is 24.9. The number of amides is 5. The molecule has 1 aliphatic carbocycles. The van der Waals surface area contributed by atoms with Crippen LogP contribution in [0.2, 0.25) is 20.1 Å². The maximum atomic E-state index is 15.2. The number of hydrogen-bond acceptors (Lipinski definition) is 12. The fourth-order valence-corrected chi connectivity index (χ4v) is 17.9. The summed E-state index contributed by atoms with van der Waals surface area (Å²) in [5.74, 6) is -6.63. The van der Waals surface area contributed by atoms with E-state index in [1.54, 1.807) is 41.7 Å². The van der Waals surface area contributed by atoms with Gasteiger partial charge in [-0.1, -0.05) is 121 Å². The summed E-state index contributed by atoms with van der Waals surface area (Å²) in [4.78, 5) is 55.6. The lowest BCUT2D eigenvalue weighted by Crippen LogP contribution is -2.50. The number of nitrogens with zero attached hydrogens (tertiary/aromatic N) is 8. The van der Waals surface area contributed by atoms with Gasteiger partial charge < -0.3 is 45.3 Å². The second kappa shape index (κ2) is 35.9. The molecule has 5 fully saturated rings. The Morgan fingerprint density at radius 1 is 0.440 bits per heavy atom. The molecule has 596 valence electrons. The van der Waals surface area contributed by atoms with Crippen molar-refractivity contribution in [3.63, 3.8) is 0 Å². The summed E-state index contributed by atoms with van der Waals surface area (Å²) >= 11 is 24.7. The van der Waals surface area contributed by atoms with Crippen LogP contribution in [0, 0.1) is 39.9 Å². The van der Waals surface area contributed by atoms with E-state index >= 15 is 8.78 Å². The van der Waals surface area contributed by atoms with Crippen LogP contribution < -0.4 is 5.32 Å². The molecule has 5 aliphatic rings. The fourth-order valence-electron chi connectivity index (χ4n) is 16.9. The Labute approximate surface area is 654 Å². The number of nitrogens with one attached hydrogen (secondary N) is 5. The van der Waals surface area contributed by atoms with E-state index < -0.39 is 59.9 Å². The number of aromatic amines is 4. The topological polar surface area (TPSA) is 289 Å². The average Bonchev–Trinajstić information content (AvgIpc) is 1.78. The van der Waals surface area contributed by atoms with Gasteiger partial charge in [0.25, 0.3) is 11.8 Å². The number of alkyl halides is 4. The number of aliphatic hydroxyl groups excluding tert-OH is 4. The molecule has 4 aromatic carbocycles.